The van der Waals surface area contributed by atoms with Crippen LogP contribution in [0.15, 0.2) is 42.5 Å². The smallest absolute Gasteiger partial charge is 0.242 e. The van der Waals surface area contributed by atoms with Gasteiger partial charge in [0.2, 0.25) is 23.6 Å². The minimum Gasteiger partial charge on any atom is -0.354 e. The highest BCUT2D eigenvalue weighted by atomic mass is 16.2. The predicted molar refractivity (Wildman–Crippen MR) is 130 cm³/mol. The molecule has 1 aromatic rings. The Labute approximate surface area is 202 Å². The SMILES string of the molecule is CC[C@H](C(=O)NCC(C)C)N(CCc1ccccc1)C(=O)CCN1C(=O)[C@H]2CC=CC[C@H]2C1=O. The van der Waals surface area contributed by atoms with Gasteiger partial charge < -0.3 is 10.2 Å². The second-order valence-corrected chi connectivity index (χ2v) is 9.62. The Bertz CT molecular complexity index is 886. The number of imide groups is 1. The second-order valence-electron chi connectivity index (χ2n) is 9.62. The Morgan fingerprint density at radius 2 is 1.68 bits per heavy atom. The molecule has 0 radical (unpaired) electrons. The highest BCUT2D eigenvalue weighted by Crippen LogP contribution is 2.35. The Balaban J connectivity index is 1.69. The normalized spacial score (nSPS) is 20.4. The zero-order valence-electron chi connectivity index (χ0n) is 20.5. The van der Waals surface area contributed by atoms with Crippen molar-refractivity contribution in [1.29, 1.82) is 0 Å². The fourth-order valence-electron chi connectivity index (χ4n) is 4.76. The van der Waals surface area contributed by atoms with Crippen LogP contribution < -0.4 is 5.32 Å². The molecule has 4 amide bonds. The fourth-order valence-corrected chi connectivity index (χ4v) is 4.76. The number of fused-ring (bicyclic) bond motifs is 1. The molecule has 2 aliphatic rings. The van der Waals surface area contributed by atoms with E-state index in [2.05, 4.69) is 5.32 Å². The largest absolute Gasteiger partial charge is 0.354 e. The van der Waals surface area contributed by atoms with Crippen LogP contribution in [0.3, 0.4) is 0 Å². The van der Waals surface area contributed by atoms with Gasteiger partial charge in [0, 0.05) is 26.1 Å². The standard InChI is InChI=1S/C27H37N3O4/c1-4-23(25(32)28-18-19(2)3)29(16-14-20-10-6-5-7-11-20)24(31)15-17-30-26(33)21-12-8-9-13-22(21)27(30)34/h5-11,19,21-23H,4,12-18H2,1-3H3,(H,28,32)/t21-,22+,23-/m1/s1. The van der Waals surface area contributed by atoms with E-state index >= 15 is 0 Å². The van der Waals surface area contributed by atoms with Gasteiger partial charge in [0.05, 0.1) is 11.8 Å². The third-order valence-corrected chi connectivity index (χ3v) is 6.70. The van der Waals surface area contributed by atoms with Gasteiger partial charge in [-0.15, -0.1) is 0 Å². The van der Waals surface area contributed by atoms with E-state index in [1.165, 1.54) is 4.90 Å². The van der Waals surface area contributed by atoms with Gasteiger partial charge in [-0.25, -0.2) is 0 Å². The number of likely N-dealkylation sites (tertiary alicyclic amines) is 1. The lowest BCUT2D eigenvalue weighted by Gasteiger charge is -2.31. The summed E-state index contributed by atoms with van der Waals surface area (Å²) in [4.78, 5) is 54.7. The number of hydrogen-bond acceptors (Lipinski definition) is 4. The molecule has 7 heteroatoms. The van der Waals surface area contributed by atoms with Crippen molar-refractivity contribution in [1.82, 2.24) is 15.1 Å². The number of nitrogens with zero attached hydrogens (tertiary/aromatic N) is 2. The Hall–Kier alpha value is -2.96. The van der Waals surface area contributed by atoms with Crippen LogP contribution in [-0.2, 0) is 25.6 Å². The summed E-state index contributed by atoms with van der Waals surface area (Å²) in [7, 11) is 0. The van der Waals surface area contributed by atoms with E-state index in [0.29, 0.717) is 44.7 Å². The number of benzene rings is 1. The van der Waals surface area contributed by atoms with Gasteiger partial charge in [-0.1, -0.05) is 63.3 Å². The third-order valence-electron chi connectivity index (χ3n) is 6.70. The molecule has 184 valence electrons. The summed E-state index contributed by atoms with van der Waals surface area (Å²) in [6.07, 6.45) is 6.20. The molecule has 3 atom stereocenters. The summed E-state index contributed by atoms with van der Waals surface area (Å²) < 4.78 is 0. The lowest BCUT2D eigenvalue weighted by Crippen LogP contribution is -2.51. The molecule has 0 spiro atoms. The summed E-state index contributed by atoms with van der Waals surface area (Å²) in [6, 6.07) is 9.25. The molecule has 1 fully saturated rings. The van der Waals surface area contributed by atoms with Crippen LogP contribution in [0.4, 0.5) is 0 Å². The van der Waals surface area contributed by atoms with Gasteiger partial charge in [0.25, 0.3) is 0 Å². The van der Waals surface area contributed by atoms with Crippen LogP contribution in [-0.4, -0.2) is 59.1 Å². The lowest BCUT2D eigenvalue weighted by atomic mass is 9.85. The number of allylic oxidation sites excluding steroid dienone is 2. The van der Waals surface area contributed by atoms with E-state index in [4.69, 9.17) is 0 Å². The van der Waals surface area contributed by atoms with Crippen molar-refractivity contribution < 1.29 is 19.2 Å². The fraction of sp³-hybridized carbons (Fsp3) is 0.556. The zero-order chi connectivity index (χ0) is 24.7. The Morgan fingerprint density at radius 1 is 1.06 bits per heavy atom. The monoisotopic (exact) mass is 467 g/mol. The molecule has 1 aliphatic carbocycles. The van der Waals surface area contributed by atoms with Crippen molar-refractivity contribution in [2.45, 2.75) is 58.9 Å². The van der Waals surface area contributed by atoms with Crippen LogP contribution >= 0.6 is 0 Å². The predicted octanol–water partition coefficient (Wildman–Crippen LogP) is 2.95. The molecule has 0 aromatic heterocycles. The number of hydrogen-bond donors (Lipinski definition) is 1. The minimum absolute atomic E-state index is 0.0209. The van der Waals surface area contributed by atoms with Gasteiger partial charge >= 0.3 is 0 Å². The second kappa shape index (κ2) is 12.0. The van der Waals surface area contributed by atoms with Gasteiger partial charge in [-0.05, 0) is 37.2 Å². The summed E-state index contributed by atoms with van der Waals surface area (Å²) in [5.41, 5.74) is 1.08. The van der Waals surface area contributed by atoms with E-state index in [-0.39, 0.29) is 48.4 Å². The van der Waals surface area contributed by atoms with Crippen molar-refractivity contribution >= 4 is 23.6 Å². The molecule has 1 aromatic carbocycles. The van der Waals surface area contributed by atoms with E-state index < -0.39 is 6.04 Å². The first-order valence-corrected chi connectivity index (χ1v) is 12.4. The van der Waals surface area contributed by atoms with Gasteiger partial charge in [0.1, 0.15) is 6.04 Å². The highest BCUT2D eigenvalue weighted by molar-refractivity contribution is 6.05. The molecule has 1 saturated heterocycles. The number of rotatable bonds is 11. The highest BCUT2D eigenvalue weighted by Gasteiger charge is 2.47. The first-order valence-electron chi connectivity index (χ1n) is 12.4. The Morgan fingerprint density at radius 3 is 2.24 bits per heavy atom. The van der Waals surface area contributed by atoms with E-state index in [1.807, 2.05) is 63.3 Å². The average molecular weight is 468 g/mol. The number of nitrogens with one attached hydrogen (secondary N) is 1. The maximum absolute atomic E-state index is 13.4. The van der Waals surface area contributed by atoms with Crippen LogP contribution in [0.2, 0.25) is 0 Å². The van der Waals surface area contributed by atoms with Crippen molar-refractivity contribution in [2.24, 2.45) is 17.8 Å². The van der Waals surface area contributed by atoms with Crippen LogP contribution in [0, 0.1) is 17.8 Å². The molecular formula is C27H37N3O4. The number of amides is 4. The summed E-state index contributed by atoms with van der Waals surface area (Å²) in [6.45, 7) is 6.95. The molecule has 0 unspecified atom stereocenters. The van der Waals surface area contributed by atoms with E-state index in [1.54, 1.807) is 4.90 Å². The summed E-state index contributed by atoms with van der Waals surface area (Å²) >= 11 is 0. The summed E-state index contributed by atoms with van der Waals surface area (Å²) in [5, 5.41) is 2.95. The van der Waals surface area contributed by atoms with Crippen LogP contribution in [0.5, 0.6) is 0 Å². The van der Waals surface area contributed by atoms with Crippen LogP contribution in [0.1, 0.15) is 52.0 Å². The maximum atomic E-state index is 13.4. The van der Waals surface area contributed by atoms with Crippen molar-refractivity contribution in [3.8, 4) is 0 Å². The molecule has 3 rings (SSSR count). The van der Waals surface area contributed by atoms with E-state index in [9.17, 15) is 19.2 Å². The molecule has 1 N–H and O–H groups in total. The van der Waals surface area contributed by atoms with Gasteiger partial charge in [-0.3, -0.25) is 24.1 Å². The van der Waals surface area contributed by atoms with Crippen LogP contribution in [0.25, 0.3) is 0 Å². The summed E-state index contributed by atoms with van der Waals surface area (Å²) in [5.74, 6) is -1.02. The van der Waals surface area contributed by atoms with Crippen molar-refractivity contribution in [2.75, 3.05) is 19.6 Å². The van der Waals surface area contributed by atoms with Gasteiger partial charge in [-0.2, -0.15) is 0 Å². The van der Waals surface area contributed by atoms with Gasteiger partial charge in [0.15, 0.2) is 0 Å². The van der Waals surface area contributed by atoms with Crippen molar-refractivity contribution in [3.63, 3.8) is 0 Å². The minimum atomic E-state index is -0.591. The zero-order valence-corrected chi connectivity index (χ0v) is 20.5. The molecular weight excluding hydrogens is 430 g/mol. The first-order chi connectivity index (χ1) is 16.3. The van der Waals surface area contributed by atoms with E-state index in [0.717, 1.165) is 5.56 Å². The molecule has 1 aliphatic heterocycles. The molecule has 34 heavy (non-hydrogen) atoms. The van der Waals surface area contributed by atoms with Crippen molar-refractivity contribution in [3.05, 3.63) is 48.0 Å². The molecule has 0 bridgehead atoms. The Kier molecular flexibility index (Phi) is 9.02. The first kappa shape index (κ1) is 25.7. The lowest BCUT2D eigenvalue weighted by molar-refractivity contribution is -0.143. The average Bonchev–Trinajstić information content (AvgIpc) is 3.08. The number of carbonyl (C=O) groups is 4. The molecule has 0 saturated carbocycles. The maximum Gasteiger partial charge on any atom is 0.242 e. The topological polar surface area (TPSA) is 86.8 Å². The molecule has 1 heterocycles. The quantitative estimate of drug-likeness (QED) is 0.400. The molecule has 7 nitrogen and oxygen atoms in total. The third kappa shape index (κ3) is 6.13. The number of carbonyl (C=O) groups excluding carboxylic acids is 4.